The fourth-order valence-electron chi connectivity index (χ4n) is 3.46. The van der Waals surface area contributed by atoms with Gasteiger partial charge in [-0.2, -0.15) is 0 Å². The van der Waals surface area contributed by atoms with Gasteiger partial charge >= 0.3 is 0 Å². The van der Waals surface area contributed by atoms with E-state index in [0.717, 1.165) is 19.4 Å². The standard InChI is InChI=1S/C19H21N3O3/c23-19(17-10-14-4-1-2-5-15(14)12-24-17)22-9-3-6-16(11-22)25-18-7-8-20-13-21-18/h1-2,4-5,7-8,13,16-17H,3,6,9-12H2. The summed E-state index contributed by atoms with van der Waals surface area (Å²) in [5.74, 6) is 0.614. The lowest BCUT2D eigenvalue weighted by Gasteiger charge is -2.35. The van der Waals surface area contributed by atoms with Crippen molar-refractivity contribution >= 4 is 5.91 Å². The summed E-state index contributed by atoms with van der Waals surface area (Å²) >= 11 is 0. The van der Waals surface area contributed by atoms with Crippen molar-refractivity contribution in [3.63, 3.8) is 0 Å². The van der Waals surface area contributed by atoms with Crippen molar-refractivity contribution in [1.82, 2.24) is 14.9 Å². The molecule has 2 aliphatic heterocycles. The average Bonchev–Trinajstić information content (AvgIpc) is 2.68. The number of likely N-dealkylation sites (tertiary alicyclic amines) is 1. The zero-order valence-corrected chi connectivity index (χ0v) is 14.0. The van der Waals surface area contributed by atoms with E-state index >= 15 is 0 Å². The molecule has 0 bridgehead atoms. The van der Waals surface area contributed by atoms with Crippen LogP contribution in [0.25, 0.3) is 0 Å². The zero-order valence-electron chi connectivity index (χ0n) is 14.0. The van der Waals surface area contributed by atoms with Crippen LogP contribution in [0, 0.1) is 0 Å². The molecule has 1 saturated heterocycles. The van der Waals surface area contributed by atoms with Crippen molar-refractivity contribution in [1.29, 1.82) is 0 Å². The van der Waals surface area contributed by atoms with E-state index in [9.17, 15) is 4.79 Å². The Bertz CT molecular complexity index is 738. The molecular formula is C19H21N3O3. The van der Waals surface area contributed by atoms with Crippen LogP contribution in [0.3, 0.4) is 0 Å². The third-order valence-corrected chi connectivity index (χ3v) is 4.77. The van der Waals surface area contributed by atoms with Crippen LogP contribution in [0.5, 0.6) is 5.88 Å². The fourth-order valence-corrected chi connectivity index (χ4v) is 3.46. The van der Waals surface area contributed by atoms with Gasteiger partial charge < -0.3 is 14.4 Å². The number of rotatable bonds is 3. The van der Waals surface area contributed by atoms with E-state index < -0.39 is 6.10 Å². The predicted molar refractivity (Wildman–Crippen MR) is 91.0 cm³/mol. The maximum Gasteiger partial charge on any atom is 0.252 e. The van der Waals surface area contributed by atoms with Gasteiger partial charge in [-0.15, -0.1) is 0 Å². The predicted octanol–water partition coefficient (Wildman–Crippen LogP) is 1.99. The molecule has 1 fully saturated rings. The van der Waals surface area contributed by atoms with Crippen LogP contribution in [-0.2, 0) is 22.6 Å². The number of benzene rings is 1. The Kier molecular flexibility index (Phi) is 4.61. The number of fused-ring (bicyclic) bond motifs is 1. The van der Waals surface area contributed by atoms with Crippen LogP contribution in [-0.4, -0.2) is 46.1 Å². The number of piperidine rings is 1. The zero-order chi connectivity index (χ0) is 17.1. The Hall–Kier alpha value is -2.47. The Morgan fingerprint density at radius 1 is 1.24 bits per heavy atom. The van der Waals surface area contributed by atoms with E-state index in [-0.39, 0.29) is 12.0 Å². The molecule has 1 amide bonds. The topological polar surface area (TPSA) is 64.5 Å². The number of carbonyl (C=O) groups excluding carboxylic acids is 1. The van der Waals surface area contributed by atoms with Crippen molar-refractivity contribution in [2.75, 3.05) is 13.1 Å². The summed E-state index contributed by atoms with van der Waals surface area (Å²) < 4.78 is 11.7. The molecule has 2 aromatic rings. The number of nitrogens with zero attached hydrogens (tertiary/aromatic N) is 3. The summed E-state index contributed by atoms with van der Waals surface area (Å²) in [5.41, 5.74) is 2.38. The lowest BCUT2D eigenvalue weighted by atomic mass is 9.98. The first kappa shape index (κ1) is 16.0. The highest BCUT2D eigenvalue weighted by atomic mass is 16.5. The minimum absolute atomic E-state index is 0.0384. The molecule has 1 aromatic heterocycles. The molecular weight excluding hydrogens is 318 g/mol. The number of hydrogen-bond acceptors (Lipinski definition) is 5. The second-order valence-corrected chi connectivity index (χ2v) is 6.49. The van der Waals surface area contributed by atoms with Crippen LogP contribution in [0.1, 0.15) is 24.0 Å². The van der Waals surface area contributed by atoms with Gasteiger partial charge in [-0.3, -0.25) is 4.79 Å². The first-order chi connectivity index (χ1) is 12.3. The quantitative estimate of drug-likeness (QED) is 0.856. The van der Waals surface area contributed by atoms with Crippen molar-refractivity contribution in [2.24, 2.45) is 0 Å². The van der Waals surface area contributed by atoms with Gasteiger partial charge in [0.1, 0.15) is 18.5 Å². The lowest BCUT2D eigenvalue weighted by molar-refractivity contribution is -0.148. The van der Waals surface area contributed by atoms with Gasteiger partial charge in [0.05, 0.1) is 13.2 Å². The normalized spacial score (nSPS) is 23.0. The highest BCUT2D eigenvalue weighted by Crippen LogP contribution is 2.23. The Labute approximate surface area is 146 Å². The Balaban J connectivity index is 1.39. The third-order valence-electron chi connectivity index (χ3n) is 4.77. The summed E-state index contributed by atoms with van der Waals surface area (Å²) in [7, 11) is 0. The first-order valence-electron chi connectivity index (χ1n) is 8.69. The van der Waals surface area contributed by atoms with E-state index in [1.54, 1.807) is 12.3 Å². The SMILES string of the molecule is O=C(C1Cc2ccccc2CO1)N1CCCC(Oc2ccncn2)C1. The van der Waals surface area contributed by atoms with Gasteiger partial charge in [0.15, 0.2) is 0 Å². The van der Waals surface area contributed by atoms with Crippen LogP contribution in [0.2, 0.25) is 0 Å². The maximum absolute atomic E-state index is 12.9. The second kappa shape index (κ2) is 7.19. The van der Waals surface area contributed by atoms with Gasteiger partial charge in [0, 0.05) is 25.2 Å². The monoisotopic (exact) mass is 339 g/mol. The summed E-state index contributed by atoms with van der Waals surface area (Å²) in [6.07, 6.45) is 5.17. The molecule has 2 atom stereocenters. The highest BCUT2D eigenvalue weighted by Gasteiger charge is 2.32. The average molecular weight is 339 g/mol. The molecule has 2 aliphatic rings. The fraction of sp³-hybridized carbons (Fsp3) is 0.421. The number of hydrogen-bond donors (Lipinski definition) is 0. The first-order valence-corrected chi connectivity index (χ1v) is 8.69. The van der Waals surface area contributed by atoms with Crippen LogP contribution in [0.4, 0.5) is 0 Å². The summed E-state index contributed by atoms with van der Waals surface area (Å²) in [5, 5.41) is 0. The summed E-state index contributed by atoms with van der Waals surface area (Å²) in [6.45, 7) is 1.83. The van der Waals surface area contributed by atoms with Gasteiger partial charge in [-0.05, 0) is 24.0 Å². The van der Waals surface area contributed by atoms with Crippen molar-refractivity contribution in [2.45, 2.75) is 38.1 Å². The van der Waals surface area contributed by atoms with E-state index in [0.29, 0.717) is 25.5 Å². The van der Waals surface area contributed by atoms with Crippen LogP contribution >= 0.6 is 0 Å². The molecule has 0 radical (unpaired) electrons. The number of aromatic nitrogens is 2. The van der Waals surface area contributed by atoms with E-state index in [1.165, 1.54) is 17.5 Å². The van der Waals surface area contributed by atoms with E-state index in [1.807, 2.05) is 17.0 Å². The lowest BCUT2D eigenvalue weighted by Crippen LogP contribution is -2.49. The summed E-state index contributed by atoms with van der Waals surface area (Å²) in [4.78, 5) is 22.7. The number of amides is 1. The van der Waals surface area contributed by atoms with Gasteiger partial charge in [-0.25, -0.2) is 9.97 Å². The van der Waals surface area contributed by atoms with E-state index in [2.05, 4.69) is 22.1 Å². The van der Waals surface area contributed by atoms with Crippen LogP contribution in [0.15, 0.2) is 42.9 Å². The van der Waals surface area contributed by atoms with E-state index in [4.69, 9.17) is 9.47 Å². The minimum Gasteiger partial charge on any atom is -0.472 e. The molecule has 2 unspecified atom stereocenters. The van der Waals surface area contributed by atoms with Crippen molar-refractivity contribution in [3.8, 4) is 5.88 Å². The van der Waals surface area contributed by atoms with Crippen molar-refractivity contribution in [3.05, 3.63) is 54.0 Å². The molecule has 6 nitrogen and oxygen atoms in total. The van der Waals surface area contributed by atoms with Gasteiger partial charge in [0.25, 0.3) is 5.91 Å². The maximum atomic E-state index is 12.9. The number of carbonyl (C=O) groups is 1. The second-order valence-electron chi connectivity index (χ2n) is 6.49. The molecule has 1 aromatic carbocycles. The Morgan fingerprint density at radius 2 is 2.12 bits per heavy atom. The molecule has 3 heterocycles. The van der Waals surface area contributed by atoms with Gasteiger partial charge in [0.2, 0.25) is 5.88 Å². The molecule has 4 rings (SSSR count). The van der Waals surface area contributed by atoms with Crippen LogP contribution < -0.4 is 4.74 Å². The van der Waals surface area contributed by atoms with Crippen molar-refractivity contribution < 1.29 is 14.3 Å². The molecule has 0 aliphatic carbocycles. The smallest absolute Gasteiger partial charge is 0.252 e. The summed E-state index contributed by atoms with van der Waals surface area (Å²) in [6, 6.07) is 9.89. The molecule has 130 valence electrons. The molecule has 6 heteroatoms. The molecule has 0 N–H and O–H groups in total. The van der Waals surface area contributed by atoms with Gasteiger partial charge in [-0.1, -0.05) is 24.3 Å². The minimum atomic E-state index is -0.396. The molecule has 25 heavy (non-hydrogen) atoms. The number of ether oxygens (including phenoxy) is 2. The Morgan fingerprint density at radius 3 is 2.96 bits per heavy atom. The third kappa shape index (κ3) is 3.64. The molecule has 0 spiro atoms. The molecule has 0 saturated carbocycles. The largest absolute Gasteiger partial charge is 0.472 e. The highest BCUT2D eigenvalue weighted by molar-refractivity contribution is 5.81.